The van der Waals surface area contributed by atoms with Gasteiger partial charge in [0.2, 0.25) is 0 Å². The second-order valence-corrected chi connectivity index (χ2v) is 4.99. The van der Waals surface area contributed by atoms with Crippen molar-refractivity contribution in [1.82, 2.24) is 0 Å². The number of hydrogen-bond donors (Lipinski definition) is 0. The lowest BCUT2D eigenvalue weighted by Crippen LogP contribution is -1.96. The van der Waals surface area contributed by atoms with Crippen LogP contribution in [0.2, 0.25) is 0 Å². The number of benzene rings is 2. The minimum absolute atomic E-state index is 0.919. The van der Waals surface area contributed by atoms with Crippen LogP contribution in [0.4, 0.5) is 0 Å². The maximum Gasteiger partial charge on any atom is 0.0214 e. The zero-order chi connectivity index (χ0) is 12.6. The second-order valence-electron chi connectivity index (χ2n) is 4.34. The lowest BCUT2D eigenvalue weighted by atomic mass is 9.98. The summed E-state index contributed by atoms with van der Waals surface area (Å²) in [6.45, 7) is 0. The van der Waals surface area contributed by atoms with E-state index in [1.165, 1.54) is 16.7 Å². The van der Waals surface area contributed by atoms with Gasteiger partial charge in [-0.15, -0.1) is 0 Å². The molecule has 0 radical (unpaired) electrons. The molecule has 2 aromatic carbocycles. The monoisotopic (exact) mass is 300 g/mol. The third kappa shape index (κ3) is 4.15. The molecule has 0 saturated carbocycles. The van der Waals surface area contributed by atoms with Gasteiger partial charge in [-0.3, -0.25) is 0 Å². The molecule has 92 valence electrons. The SMILES string of the molecule is BrCC=C(Cc1ccccc1)Cc1ccccc1. The molecular weight excluding hydrogens is 284 g/mol. The van der Waals surface area contributed by atoms with Crippen molar-refractivity contribution in [3.63, 3.8) is 0 Å². The predicted octanol–water partition coefficient (Wildman–Crippen LogP) is 4.79. The van der Waals surface area contributed by atoms with Crippen LogP contribution in [0.15, 0.2) is 72.3 Å². The Morgan fingerprint density at radius 2 is 1.22 bits per heavy atom. The van der Waals surface area contributed by atoms with Gasteiger partial charge in [-0.2, -0.15) is 0 Å². The average molecular weight is 301 g/mol. The zero-order valence-electron chi connectivity index (χ0n) is 10.4. The Bertz CT molecular complexity index is 442. The van der Waals surface area contributed by atoms with Crippen LogP contribution in [0.1, 0.15) is 11.1 Å². The van der Waals surface area contributed by atoms with Gasteiger partial charge < -0.3 is 0 Å². The fourth-order valence-electron chi connectivity index (χ4n) is 2.03. The fourth-order valence-corrected chi connectivity index (χ4v) is 2.49. The Balaban J connectivity index is 2.08. The summed E-state index contributed by atoms with van der Waals surface area (Å²) < 4.78 is 0. The average Bonchev–Trinajstić information content (AvgIpc) is 2.41. The van der Waals surface area contributed by atoms with E-state index in [0.717, 1.165) is 18.2 Å². The number of alkyl halides is 1. The Labute approximate surface area is 117 Å². The summed E-state index contributed by atoms with van der Waals surface area (Å²) in [5.74, 6) is 0. The molecule has 0 aliphatic carbocycles. The molecule has 0 amide bonds. The van der Waals surface area contributed by atoms with Gasteiger partial charge in [0.05, 0.1) is 0 Å². The summed E-state index contributed by atoms with van der Waals surface area (Å²) in [6, 6.07) is 21.3. The summed E-state index contributed by atoms with van der Waals surface area (Å²) in [6.07, 6.45) is 4.34. The minimum atomic E-state index is 0.919. The molecule has 2 aromatic rings. The molecule has 0 N–H and O–H groups in total. The Hall–Kier alpha value is -1.34. The molecule has 0 saturated heterocycles. The van der Waals surface area contributed by atoms with E-state index in [1.54, 1.807) is 0 Å². The summed E-state index contributed by atoms with van der Waals surface area (Å²) in [7, 11) is 0. The van der Waals surface area contributed by atoms with Crippen molar-refractivity contribution >= 4 is 15.9 Å². The van der Waals surface area contributed by atoms with Crippen LogP contribution in [-0.4, -0.2) is 5.33 Å². The van der Waals surface area contributed by atoms with Crippen molar-refractivity contribution in [2.45, 2.75) is 12.8 Å². The maximum atomic E-state index is 3.50. The summed E-state index contributed by atoms with van der Waals surface area (Å²) in [4.78, 5) is 0. The number of halogens is 1. The molecule has 0 aliphatic heterocycles. The molecule has 0 aromatic heterocycles. The van der Waals surface area contributed by atoms with Crippen LogP contribution < -0.4 is 0 Å². The molecule has 0 aliphatic rings. The van der Waals surface area contributed by atoms with Gasteiger partial charge in [-0.1, -0.05) is 88.2 Å². The first kappa shape index (κ1) is 13.1. The number of hydrogen-bond acceptors (Lipinski definition) is 0. The van der Waals surface area contributed by atoms with E-state index in [-0.39, 0.29) is 0 Å². The topological polar surface area (TPSA) is 0 Å². The van der Waals surface area contributed by atoms with Gasteiger partial charge in [-0.05, 0) is 24.0 Å². The summed E-state index contributed by atoms with van der Waals surface area (Å²) in [5, 5.41) is 0.919. The maximum absolute atomic E-state index is 3.50. The largest absolute Gasteiger partial charge is 0.0883 e. The van der Waals surface area contributed by atoms with Gasteiger partial charge in [0.15, 0.2) is 0 Å². The molecule has 18 heavy (non-hydrogen) atoms. The van der Waals surface area contributed by atoms with Crippen LogP contribution in [-0.2, 0) is 12.8 Å². The number of allylic oxidation sites excluding steroid dienone is 2. The van der Waals surface area contributed by atoms with Gasteiger partial charge in [-0.25, -0.2) is 0 Å². The van der Waals surface area contributed by atoms with Crippen molar-refractivity contribution in [1.29, 1.82) is 0 Å². The van der Waals surface area contributed by atoms with E-state index in [1.807, 2.05) is 0 Å². The van der Waals surface area contributed by atoms with Crippen LogP contribution in [0.25, 0.3) is 0 Å². The highest BCUT2D eigenvalue weighted by Gasteiger charge is 2.01. The van der Waals surface area contributed by atoms with Crippen molar-refractivity contribution in [3.05, 3.63) is 83.4 Å². The van der Waals surface area contributed by atoms with Crippen molar-refractivity contribution in [2.75, 3.05) is 5.33 Å². The summed E-state index contributed by atoms with van der Waals surface area (Å²) in [5.41, 5.74) is 4.21. The van der Waals surface area contributed by atoms with Crippen LogP contribution in [0.5, 0.6) is 0 Å². The van der Waals surface area contributed by atoms with E-state index in [2.05, 4.69) is 82.7 Å². The third-order valence-corrected chi connectivity index (χ3v) is 3.24. The smallest absolute Gasteiger partial charge is 0.0214 e. The molecule has 2 rings (SSSR count). The molecule has 0 unspecified atom stereocenters. The standard InChI is InChI=1S/C17H17Br/c18-12-11-17(13-15-7-3-1-4-8-15)14-16-9-5-2-6-10-16/h1-11H,12-14H2. The van der Waals surface area contributed by atoms with Gasteiger partial charge in [0.25, 0.3) is 0 Å². The minimum Gasteiger partial charge on any atom is -0.0883 e. The number of rotatable bonds is 5. The molecule has 0 heterocycles. The highest BCUT2D eigenvalue weighted by molar-refractivity contribution is 9.09. The molecule has 0 atom stereocenters. The first-order chi connectivity index (χ1) is 8.88. The van der Waals surface area contributed by atoms with Crippen molar-refractivity contribution in [3.8, 4) is 0 Å². The van der Waals surface area contributed by atoms with Crippen LogP contribution >= 0.6 is 15.9 Å². The molecular formula is C17H17Br. The zero-order valence-corrected chi connectivity index (χ0v) is 11.9. The Morgan fingerprint density at radius 3 is 1.61 bits per heavy atom. The first-order valence-corrected chi connectivity index (χ1v) is 7.32. The van der Waals surface area contributed by atoms with E-state index in [9.17, 15) is 0 Å². The molecule has 0 spiro atoms. The quantitative estimate of drug-likeness (QED) is 0.550. The van der Waals surface area contributed by atoms with Crippen LogP contribution in [0.3, 0.4) is 0 Å². The van der Waals surface area contributed by atoms with Crippen LogP contribution in [0, 0.1) is 0 Å². The van der Waals surface area contributed by atoms with Crippen molar-refractivity contribution < 1.29 is 0 Å². The summed E-state index contributed by atoms with van der Waals surface area (Å²) >= 11 is 3.50. The van der Waals surface area contributed by atoms with E-state index in [0.29, 0.717) is 0 Å². The lowest BCUT2D eigenvalue weighted by Gasteiger charge is -2.08. The highest BCUT2D eigenvalue weighted by atomic mass is 79.9. The first-order valence-electron chi connectivity index (χ1n) is 6.20. The molecule has 0 nitrogen and oxygen atoms in total. The van der Waals surface area contributed by atoms with Gasteiger partial charge >= 0.3 is 0 Å². The second kappa shape index (κ2) is 7.17. The Morgan fingerprint density at radius 1 is 0.778 bits per heavy atom. The Kier molecular flexibility index (Phi) is 5.22. The van der Waals surface area contributed by atoms with E-state index >= 15 is 0 Å². The molecule has 1 heteroatoms. The normalized spacial score (nSPS) is 10.1. The van der Waals surface area contributed by atoms with E-state index in [4.69, 9.17) is 0 Å². The molecule has 0 fully saturated rings. The van der Waals surface area contributed by atoms with Gasteiger partial charge in [0.1, 0.15) is 0 Å². The molecule has 0 bridgehead atoms. The predicted molar refractivity (Wildman–Crippen MR) is 82.2 cm³/mol. The highest BCUT2D eigenvalue weighted by Crippen LogP contribution is 2.14. The fraction of sp³-hybridized carbons (Fsp3) is 0.176. The van der Waals surface area contributed by atoms with Crippen molar-refractivity contribution in [2.24, 2.45) is 0 Å². The third-order valence-electron chi connectivity index (χ3n) is 2.91. The van der Waals surface area contributed by atoms with E-state index < -0.39 is 0 Å². The van der Waals surface area contributed by atoms with Gasteiger partial charge in [0, 0.05) is 5.33 Å². The lowest BCUT2D eigenvalue weighted by molar-refractivity contribution is 1.03.